The van der Waals surface area contributed by atoms with Crippen LogP contribution in [0.15, 0.2) is 85.8 Å². The van der Waals surface area contributed by atoms with Gasteiger partial charge in [-0.3, -0.25) is 14.2 Å². The average molecular weight is 541 g/mol. The zero-order valence-corrected chi connectivity index (χ0v) is 21.3. The van der Waals surface area contributed by atoms with E-state index in [1.807, 2.05) is 44.4 Å². The number of carbonyl (C=O) groups is 1. The van der Waals surface area contributed by atoms with Gasteiger partial charge in [-0.1, -0.05) is 58.0 Å². The van der Waals surface area contributed by atoms with Gasteiger partial charge in [-0.25, -0.2) is 4.98 Å². The molecule has 0 unspecified atom stereocenters. The Bertz CT molecular complexity index is 1320. The molecule has 1 amide bonds. The summed E-state index contributed by atoms with van der Waals surface area (Å²) < 4.78 is 7.80. The highest BCUT2D eigenvalue weighted by molar-refractivity contribution is 9.10. The smallest absolute Gasteiger partial charge is 0.262 e. The molecule has 176 valence electrons. The maximum absolute atomic E-state index is 13.3. The first-order valence-electron chi connectivity index (χ1n) is 10.8. The SMILES string of the molecule is CN(C)[C@H](CNC(=O)CSc1nc2ccc(Br)cc2c(=O)n1Cc1ccco1)c1ccccc1. The monoisotopic (exact) mass is 540 g/mol. The lowest BCUT2D eigenvalue weighted by Crippen LogP contribution is -2.35. The van der Waals surface area contributed by atoms with Crippen molar-refractivity contribution in [3.05, 3.63) is 93.1 Å². The largest absolute Gasteiger partial charge is 0.467 e. The molecule has 0 fully saturated rings. The number of halogens is 1. The number of benzene rings is 2. The summed E-state index contributed by atoms with van der Waals surface area (Å²) >= 11 is 4.66. The summed E-state index contributed by atoms with van der Waals surface area (Å²) in [5, 5.41) is 3.99. The van der Waals surface area contributed by atoms with Crippen molar-refractivity contribution < 1.29 is 9.21 Å². The summed E-state index contributed by atoms with van der Waals surface area (Å²) in [5.41, 5.74) is 1.54. The van der Waals surface area contributed by atoms with Crippen molar-refractivity contribution in [1.82, 2.24) is 19.8 Å². The van der Waals surface area contributed by atoms with E-state index < -0.39 is 0 Å². The first kappa shape index (κ1) is 24.3. The molecule has 4 aromatic rings. The van der Waals surface area contributed by atoms with Gasteiger partial charge in [0.05, 0.1) is 35.5 Å². The van der Waals surface area contributed by atoms with E-state index in [0.29, 0.717) is 28.4 Å². The lowest BCUT2D eigenvalue weighted by Gasteiger charge is -2.25. The van der Waals surface area contributed by atoms with Gasteiger partial charge in [0.15, 0.2) is 5.16 Å². The molecule has 0 aliphatic rings. The number of likely N-dealkylation sites (N-methyl/N-ethyl adjacent to an activating group) is 1. The van der Waals surface area contributed by atoms with Crippen LogP contribution in [-0.2, 0) is 11.3 Å². The molecule has 0 saturated carbocycles. The standard InChI is InChI=1S/C25H25BrN4O3S/c1-29(2)22(17-7-4-3-5-8-17)14-27-23(31)16-34-25-28-21-11-10-18(26)13-20(21)24(32)30(25)15-19-9-6-12-33-19/h3-13,22H,14-16H2,1-2H3,(H,27,31)/t22-/m1/s1. The number of hydrogen-bond acceptors (Lipinski definition) is 6. The van der Waals surface area contributed by atoms with Crippen molar-refractivity contribution in [2.24, 2.45) is 0 Å². The summed E-state index contributed by atoms with van der Waals surface area (Å²) in [6.45, 7) is 0.719. The van der Waals surface area contributed by atoms with Crippen LogP contribution in [0.5, 0.6) is 0 Å². The fourth-order valence-electron chi connectivity index (χ4n) is 3.65. The van der Waals surface area contributed by atoms with Crippen LogP contribution in [0.4, 0.5) is 0 Å². The van der Waals surface area contributed by atoms with Gasteiger partial charge in [0.2, 0.25) is 5.91 Å². The molecule has 34 heavy (non-hydrogen) atoms. The number of amides is 1. The van der Waals surface area contributed by atoms with E-state index in [2.05, 4.69) is 43.3 Å². The van der Waals surface area contributed by atoms with Crippen LogP contribution in [0, 0.1) is 0 Å². The van der Waals surface area contributed by atoms with E-state index in [4.69, 9.17) is 4.42 Å². The predicted molar refractivity (Wildman–Crippen MR) is 138 cm³/mol. The molecule has 0 bridgehead atoms. The van der Waals surface area contributed by atoms with Gasteiger partial charge in [-0.05, 0) is 50.0 Å². The molecule has 1 atom stereocenters. The molecule has 4 rings (SSSR count). The van der Waals surface area contributed by atoms with Crippen LogP contribution >= 0.6 is 27.7 Å². The van der Waals surface area contributed by atoms with Gasteiger partial charge in [0, 0.05) is 11.0 Å². The molecule has 0 spiro atoms. The predicted octanol–water partition coefficient (Wildman–Crippen LogP) is 4.31. The van der Waals surface area contributed by atoms with E-state index in [1.165, 1.54) is 11.8 Å². The highest BCUT2D eigenvalue weighted by Crippen LogP contribution is 2.22. The lowest BCUT2D eigenvalue weighted by atomic mass is 10.1. The molecule has 2 aromatic heterocycles. The van der Waals surface area contributed by atoms with Crippen molar-refractivity contribution in [3.63, 3.8) is 0 Å². The normalized spacial score (nSPS) is 12.2. The Morgan fingerprint density at radius 2 is 1.97 bits per heavy atom. The van der Waals surface area contributed by atoms with Gasteiger partial charge >= 0.3 is 0 Å². The zero-order valence-electron chi connectivity index (χ0n) is 18.9. The minimum Gasteiger partial charge on any atom is -0.467 e. The molecule has 2 aromatic carbocycles. The summed E-state index contributed by atoms with van der Waals surface area (Å²) in [6, 6.07) is 19.1. The van der Waals surface area contributed by atoms with Gasteiger partial charge < -0.3 is 14.6 Å². The lowest BCUT2D eigenvalue weighted by molar-refractivity contribution is -0.118. The molecule has 0 aliphatic heterocycles. The number of aromatic nitrogens is 2. The highest BCUT2D eigenvalue weighted by Gasteiger charge is 2.17. The Labute approximate surface area is 210 Å². The average Bonchev–Trinajstić information content (AvgIpc) is 3.34. The van der Waals surface area contributed by atoms with E-state index >= 15 is 0 Å². The molecule has 9 heteroatoms. The number of nitrogens with zero attached hydrogens (tertiary/aromatic N) is 3. The minimum atomic E-state index is -0.178. The van der Waals surface area contributed by atoms with Crippen LogP contribution in [0.3, 0.4) is 0 Å². The Hall–Kier alpha value is -2.88. The quantitative estimate of drug-likeness (QED) is 0.251. The molecule has 0 aliphatic carbocycles. The third kappa shape index (κ3) is 5.78. The summed E-state index contributed by atoms with van der Waals surface area (Å²) in [6.07, 6.45) is 1.57. The van der Waals surface area contributed by atoms with E-state index in [-0.39, 0.29) is 29.8 Å². The third-order valence-electron chi connectivity index (χ3n) is 5.41. The second kappa shape index (κ2) is 11.0. The summed E-state index contributed by atoms with van der Waals surface area (Å²) in [4.78, 5) is 32.7. The van der Waals surface area contributed by atoms with Gasteiger partial charge in [-0.2, -0.15) is 0 Å². The van der Waals surface area contributed by atoms with Gasteiger partial charge in [0.25, 0.3) is 5.56 Å². The summed E-state index contributed by atoms with van der Waals surface area (Å²) in [7, 11) is 3.98. The van der Waals surface area contributed by atoms with Crippen LogP contribution in [-0.4, -0.2) is 46.8 Å². The fraction of sp³-hybridized carbons (Fsp3) is 0.240. The van der Waals surface area contributed by atoms with Crippen LogP contribution < -0.4 is 10.9 Å². The maximum Gasteiger partial charge on any atom is 0.262 e. The molecule has 0 radical (unpaired) electrons. The molecule has 7 nitrogen and oxygen atoms in total. The number of furan rings is 1. The summed E-state index contributed by atoms with van der Waals surface area (Å²) in [5.74, 6) is 0.658. The Morgan fingerprint density at radius 3 is 2.68 bits per heavy atom. The van der Waals surface area contributed by atoms with Crippen molar-refractivity contribution in [2.75, 3.05) is 26.4 Å². The number of hydrogen-bond donors (Lipinski definition) is 1. The zero-order chi connectivity index (χ0) is 24.1. The second-order valence-corrected chi connectivity index (χ2v) is 9.87. The molecule has 0 saturated heterocycles. The molecular formula is C25H25BrN4O3S. The third-order valence-corrected chi connectivity index (χ3v) is 6.88. The fourth-order valence-corrected chi connectivity index (χ4v) is 4.84. The van der Waals surface area contributed by atoms with E-state index in [1.54, 1.807) is 29.0 Å². The molecular weight excluding hydrogens is 516 g/mol. The first-order valence-corrected chi connectivity index (χ1v) is 12.5. The topological polar surface area (TPSA) is 80.4 Å². The van der Waals surface area contributed by atoms with E-state index in [9.17, 15) is 9.59 Å². The van der Waals surface area contributed by atoms with E-state index in [0.717, 1.165) is 10.0 Å². The number of carbonyl (C=O) groups excluding carboxylic acids is 1. The number of thioether (sulfide) groups is 1. The van der Waals surface area contributed by atoms with Crippen molar-refractivity contribution in [3.8, 4) is 0 Å². The molecule has 1 N–H and O–H groups in total. The van der Waals surface area contributed by atoms with Crippen molar-refractivity contribution in [2.45, 2.75) is 17.7 Å². The van der Waals surface area contributed by atoms with Gasteiger partial charge in [0.1, 0.15) is 5.76 Å². The Kier molecular flexibility index (Phi) is 7.87. The number of rotatable bonds is 9. The van der Waals surface area contributed by atoms with Crippen LogP contribution in [0.1, 0.15) is 17.4 Å². The number of fused-ring (bicyclic) bond motifs is 1. The number of nitrogens with one attached hydrogen (secondary N) is 1. The van der Waals surface area contributed by atoms with Crippen molar-refractivity contribution >= 4 is 44.5 Å². The Balaban J connectivity index is 1.51. The van der Waals surface area contributed by atoms with Crippen molar-refractivity contribution in [1.29, 1.82) is 0 Å². The maximum atomic E-state index is 13.3. The van der Waals surface area contributed by atoms with Gasteiger partial charge in [-0.15, -0.1) is 0 Å². The minimum absolute atomic E-state index is 0.0597. The van der Waals surface area contributed by atoms with Crippen LogP contribution in [0.2, 0.25) is 0 Å². The van der Waals surface area contributed by atoms with Crippen LogP contribution in [0.25, 0.3) is 10.9 Å². The second-order valence-electron chi connectivity index (χ2n) is 8.01. The Morgan fingerprint density at radius 1 is 1.18 bits per heavy atom. The first-order chi connectivity index (χ1) is 16.4. The highest BCUT2D eigenvalue weighted by atomic mass is 79.9. The molecule has 2 heterocycles.